The van der Waals surface area contributed by atoms with Gasteiger partial charge in [0.25, 0.3) is 5.91 Å². The molecule has 3 aromatic rings. The van der Waals surface area contributed by atoms with Crippen molar-refractivity contribution in [3.05, 3.63) is 82.5 Å². The Balaban J connectivity index is 1.74. The number of amides is 1. The summed E-state index contributed by atoms with van der Waals surface area (Å²) >= 11 is 0. The summed E-state index contributed by atoms with van der Waals surface area (Å²) in [5.41, 5.74) is 2.97. The number of rotatable bonds is 9. The van der Waals surface area contributed by atoms with Gasteiger partial charge in [-0.1, -0.05) is 61.5 Å². The first-order valence-electron chi connectivity index (χ1n) is 10.4. The Kier molecular flexibility index (Phi) is 7.43. The molecule has 1 aromatic heterocycles. The maximum atomic E-state index is 12.6. The van der Waals surface area contributed by atoms with Crippen LogP contribution in [0.3, 0.4) is 0 Å². The van der Waals surface area contributed by atoms with Crippen molar-refractivity contribution < 1.29 is 14.3 Å². The molecular formula is C24H27N3O4. The van der Waals surface area contributed by atoms with Gasteiger partial charge in [-0.25, -0.2) is 4.79 Å². The third kappa shape index (κ3) is 6.18. The summed E-state index contributed by atoms with van der Waals surface area (Å²) in [5, 5.41) is 2.93. The van der Waals surface area contributed by atoms with E-state index in [2.05, 4.69) is 27.4 Å². The zero-order chi connectivity index (χ0) is 22.2. The predicted molar refractivity (Wildman–Crippen MR) is 119 cm³/mol. The van der Waals surface area contributed by atoms with Crippen LogP contribution in [0.5, 0.6) is 0 Å². The van der Waals surface area contributed by atoms with E-state index in [0.29, 0.717) is 19.4 Å². The molecule has 0 aliphatic heterocycles. The minimum atomic E-state index is -0.446. The Hall–Kier alpha value is -3.61. The number of benzene rings is 2. The van der Waals surface area contributed by atoms with Crippen LogP contribution in [0, 0.1) is 5.92 Å². The minimum Gasteiger partial charge on any atom is -0.466 e. The van der Waals surface area contributed by atoms with E-state index >= 15 is 0 Å². The van der Waals surface area contributed by atoms with Crippen LogP contribution in [0.15, 0.2) is 65.6 Å². The van der Waals surface area contributed by atoms with Crippen molar-refractivity contribution in [2.75, 3.05) is 6.61 Å². The van der Waals surface area contributed by atoms with Gasteiger partial charge in [0.1, 0.15) is 5.69 Å². The average Bonchev–Trinajstić information content (AvgIpc) is 3.21. The third-order valence-corrected chi connectivity index (χ3v) is 5.05. The van der Waals surface area contributed by atoms with E-state index in [-0.39, 0.29) is 23.6 Å². The number of imidazole rings is 1. The van der Waals surface area contributed by atoms with E-state index in [1.165, 1.54) is 6.20 Å². The SMILES string of the molecule is CCOC(=O)[C@H](C)CC(Cc1ccc(-c2ccccc2)cc1)NC(=O)c1c[nH]c(=O)[nH]1. The smallest absolute Gasteiger partial charge is 0.323 e. The first-order valence-corrected chi connectivity index (χ1v) is 10.4. The molecule has 7 nitrogen and oxygen atoms in total. The number of carbonyl (C=O) groups excluding carboxylic acids is 2. The van der Waals surface area contributed by atoms with Crippen molar-refractivity contribution in [3.63, 3.8) is 0 Å². The topological polar surface area (TPSA) is 104 Å². The van der Waals surface area contributed by atoms with Gasteiger partial charge >= 0.3 is 11.7 Å². The zero-order valence-corrected chi connectivity index (χ0v) is 17.7. The maximum Gasteiger partial charge on any atom is 0.323 e. The third-order valence-electron chi connectivity index (χ3n) is 5.05. The summed E-state index contributed by atoms with van der Waals surface area (Å²) in [4.78, 5) is 40.8. The summed E-state index contributed by atoms with van der Waals surface area (Å²) in [6.45, 7) is 3.86. The molecule has 0 bridgehead atoms. The lowest BCUT2D eigenvalue weighted by Crippen LogP contribution is -2.39. The fourth-order valence-corrected chi connectivity index (χ4v) is 3.47. The van der Waals surface area contributed by atoms with Crippen LogP contribution >= 0.6 is 0 Å². The molecule has 0 spiro atoms. The highest BCUT2D eigenvalue weighted by atomic mass is 16.5. The first kappa shape index (κ1) is 22.1. The molecule has 1 unspecified atom stereocenters. The predicted octanol–water partition coefficient (Wildman–Crippen LogP) is 3.30. The van der Waals surface area contributed by atoms with Gasteiger partial charge in [0.2, 0.25) is 0 Å². The first-order chi connectivity index (χ1) is 15.0. The van der Waals surface area contributed by atoms with Crippen LogP contribution in [0.4, 0.5) is 0 Å². The number of nitrogens with one attached hydrogen (secondary N) is 3. The van der Waals surface area contributed by atoms with Crippen molar-refractivity contribution >= 4 is 11.9 Å². The van der Waals surface area contributed by atoms with E-state index in [0.717, 1.165) is 16.7 Å². The van der Waals surface area contributed by atoms with Crippen molar-refractivity contribution in [1.82, 2.24) is 15.3 Å². The Morgan fingerprint density at radius 1 is 1.03 bits per heavy atom. The summed E-state index contributed by atoms with van der Waals surface area (Å²) in [6, 6.07) is 17.9. The molecule has 2 atom stereocenters. The van der Waals surface area contributed by atoms with E-state index in [9.17, 15) is 14.4 Å². The van der Waals surface area contributed by atoms with Crippen LogP contribution in [0.2, 0.25) is 0 Å². The number of hydrogen-bond acceptors (Lipinski definition) is 4. The highest BCUT2D eigenvalue weighted by molar-refractivity contribution is 5.92. The van der Waals surface area contributed by atoms with E-state index in [4.69, 9.17) is 4.74 Å². The van der Waals surface area contributed by atoms with E-state index < -0.39 is 11.6 Å². The number of aromatic amines is 2. The maximum absolute atomic E-state index is 12.6. The van der Waals surface area contributed by atoms with Crippen LogP contribution < -0.4 is 11.0 Å². The number of esters is 1. The van der Waals surface area contributed by atoms with Crippen LogP contribution in [0.25, 0.3) is 11.1 Å². The van der Waals surface area contributed by atoms with Gasteiger partial charge in [-0.2, -0.15) is 0 Å². The monoisotopic (exact) mass is 421 g/mol. The van der Waals surface area contributed by atoms with E-state index in [1.807, 2.05) is 42.5 Å². The van der Waals surface area contributed by atoms with Gasteiger partial charge in [0.05, 0.1) is 12.5 Å². The molecular weight excluding hydrogens is 394 g/mol. The van der Waals surface area contributed by atoms with Crippen molar-refractivity contribution in [3.8, 4) is 11.1 Å². The second-order valence-corrected chi connectivity index (χ2v) is 7.48. The summed E-state index contributed by atoms with van der Waals surface area (Å²) in [6.07, 6.45) is 2.29. The standard InChI is InChI=1S/C24H27N3O4/c1-3-31-23(29)16(2)13-20(26-22(28)21-15-25-24(30)27-21)14-17-9-11-19(12-10-17)18-7-5-4-6-8-18/h4-12,15-16,20H,3,13-14H2,1-2H3,(H,26,28)(H2,25,27,30)/t16-,20?/m1/s1. The van der Waals surface area contributed by atoms with Gasteiger partial charge in [0, 0.05) is 12.2 Å². The van der Waals surface area contributed by atoms with Crippen LogP contribution in [-0.4, -0.2) is 34.5 Å². The molecule has 3 N–H and O–H groups in total. The summed E-state index contributed by atoms with van der Waals surface area (Å²) < 4.78 is 5.11. The van der Waals surface area contributed by atoms with Crippen molar-refractivity contribution in [2.24, 2.45) is 5.92 Å². The highest BCUT2D eigenvalue weighted by Crippen LogP contribution is 2.21. The molecule has 2 aromatic carbocycles. The minimum absolute atomic E-state index is 0.151. The fourth-order valence-electron chi connectivity index (χ4n) is 3.47. The lowest BCUT2D eigenvalue weighted by Gasteiger charge is -2.21. The lowest BCUT2D eigenvalue weighted by atomic mass is 9.94. The Bertz CT molecular complexity index is 1050. The normalized spacial score (nSPS) is 12.7. The van der Waals surface area contributed by atoms with Gasteiger partial charge < -0.3 is 20.0 Å². The quantitative estimate of drug-likeness (QED) is 0.461. The van der Waals surface area contributed by atoms with E-state index in [1.54, 1.807) is 13.8 Å². The molecule has 31 heavy (non-hydrogen) atoms. The Morgan fingerprint density at radius 3 is 2.32 bits per heavy atom. The molecule has 0 saturated carbocycles. The zero-order valence-electron chi connectivity index (χ0n) is 17.7. The number of H-pyrrole nitrogens is 2. The molecule has 0 aliphatic carbocycles. The molecule has 1 heterocycles. The second kappa shape index (κ2) is 10.4. The molecule has 0 saturated heterocycles. The molecule has 1 amide bonds. The van der Waals surface area contributed by atoms with Crippen LogP contribution in [0.1, 0.15) is 36.3 Å². The van der Waals surface area contributed by atoms with Gasteiger partial charge in [-0.15, -0.1) is 0 Å². The lowest BCUT2D eigenvalue weighted by molar-refractivity contribution is -0.147. The fraction of sp³-hybridized carbons (Fsp3) is 0.292. The summed E-state index contributed by atoms with van der Waals surface area (Å²) in [5.74, 6) is -1.07. The molecule has 7 heteroatoms. The number of carbonyl (C=O) groups is 2. The largest absolute Gasteiger partial charge is 0.466 e. The number of hydrogen-bond donors (Lipinski definition) is 3. The molecule has 0 aliphatic rings. The van der Waals surface area contributed by atoms with Crippen LogP contribution in [-0.2, 0) is 16.0 Å². The Morgan fingerprint density at radius 2 is 1.71 bits per heavy atom. The second-order valence-electron chi connectivity index (χ2n) is 7.48. The Labute approximate surface area is 180 Å². The summed E-state index contributed by atoms with van der Waals surface area (Å²) in [7, 11) is 0. The molecule has 0 radical (unpaired) electrons. The average molecular weight is 421 g/mol. The van der Waals surface area contributed by atoms with Gasteiger partial charge in [-0.3, -0.25) is 9.59 Å². The molecule has 0 fully saturated rings. The molecule has 162 valence electrons. The van der Waals surface area contributed by atoms with Gasteiger partial charge in [-0.05, 0) is 36.5 Å². The van der Waals surface area contributed by atoms with Gasteiger partial charge in [0.15, 0.2) is 0 Å². The van der Waals surface area contributed by atoms with Crippen molar-refractivity contribution in [1.29, 1.82) is 0 Å². The molecule has 3 rings (SSSR count). The number of aromatic nitrogens is 2. The highest BCUT2D eigenvalue weighted by Gasteiger charge is 2.23. The van der Waals surface area contributed by atoms with Crippen molar-refractivity contribution in [2.45, 2.75) is 32.7 Å². The number of ether oxygens (including phenoxy) is 1.